The normalized spacial score (nSPS) is 11.1. The second kappa shape index (κ2) is 18.4. The van der Waals surface area contributed by atoms with Crippen molar-refractivity contribution < 1.29 is 23.9 Å². The summed E-state index contributed by atoms with van der Waals surface area (Å²) in [7, 11) is 0. The molecule has 0 unspecified atom stereocenters. The van der Waals surface area contributed by atoms with Gasteiger partial charge in [0.15, 0.2) is 21.1 Å². The third-order valence-electron chi connectivity index (χ3n) is 8.24. The van der Waals surface area contributed by atoms with Crippen LogP contribution in [0.4, 0.5) is 15.4 Å². The Bertz CT molecular complexity index is 2080. The van der Waals surface area contributed by atoms with E-state index in [0.29, 0.717) is 18.0 Å². The molecule has 0 saturated carbocycles. The third kappa shape index (κ3) is 9.48. The van der Waals surface area contributed by atoms with E-state index in [1.807, 2.05) is 18.2 Å². The molecule has 0 atom stereocenters. The van der Waals surface area contributed by atoms with Crippen LogP contribution in [0, 0.1) is 0 Å². The number of esters is 1. The summed E-state index contributed by atoms with van der Waals surface area (Å²) in [5, 5.41) is 17.1. The topological polar surface area (TPSA) is 164 Å². The van der Waals surface area contributed by atoms with E-state index < -0.39 is 23.3 Å². The maximum Gasteiger partial charge on any atom is 0.357 e. The van der Waals surface area contributed by atoms with Gasteiger partial charge in [0.1, 0.15) is 11.4 Å². The molecule has 4 N–H and O–H groups in total. The molecule has 0 saturated heterocycles. The zero-order valence-electron chi connectivity index (χ0n) is 29.2. The summed E-state index contributed by atoms with van der Waals surface area (Å²) in [5.74, 6) is -1.84. The Morgan fingerprint density at radius 3 is 1.52 bits per heavy atom. The van der Waals surface area contributed by atoms with Crippen LogP contribution in [0.15, 0.2) is 107 Å². The molecule has 0 bridgehead atoms. The number of hydrogen-bond donors (Lipinski definition) is 4. The fraction of sp³-hybridized carbons (Fsp3) is 0.205. The van der Waals surface area contributed by atoms with E-state index >= 15 is 0 Å². The lowest BCUT2D eigenvalue weighted by atomic mass is 9.77. The molecule has 15 heteroatoms. The Labute approximate surface area is 324 Å². The molecule has 3 aromatic heterocycles. The highest BCUT2D eigenvalue weighted by Crippen LogP contribution is 2.36. The summed E-state index contributed by atoms with van der Waals surface area (Å²) in [5.41, 5.74) is 3.18. The number of carbonyl (C=O) groups is 4. The summed E-state index contributed by atoms with van der Waals surface area (Å²) < 4.78 is 4.91. The van der Waals surface area contributed by atoms with Crippen LogP contribution in [0.3, 0.4) is 0 Å². The van der Waals surface area contributed by atoms with Crippen LogP contribution in [0.25, 0.3) is 0 Å². The Morgan fingerprint density at radius 2 is 1.04 bits per heavy atom. The zero-order valence-corrected chi connectivity index (χ0v) is 31.7. The SMILES string of the molecule is CCOC(=O)c1csc(NC(=O)c2csc(NC(=O)c3csc(NC(=O)CCCCCNC(c4ccccc4)(c4ccccc4)c4ccccc4)n3)n2)n1. The molecule has 0 aliphatic heterocycles. The monoisotopic (exact) mass is 779 g/mol. The minimum absolute atomic E-state index is 0.0631. The van der Waals surface area contributed by atoms with Gasteiger partial charge in [-0.3, -0.25) is 30.3 Å². The van der Waals surface area contributed by atoms with Crippen LogP contribution in [0.2, 0.25) is 0 Å². The van der Waals surface area contributed by atoms with E-state index in [1.54, 1.807) is 12.3 Å². The molecule has 3 amide bonds. The quantitative estimate of drug-likeness (QED) is 0.0411. The average Bonchev–Trinajstić information content (AvgIpc) is 3.98. The van der Waals surface area contributed by atoms with Crippen molar-refractivity contribution in [1.82, 2.24) is 20.3 Å². The maximum absolute atomic E-state index is 12.8. The van der Waals surface area contributed by atoms with Crippen LogP contribution in [0.5, 0.6) is 0 Å². The maximum atomic E-state index is 12.8. The first-order chi connectivity index (χ1) is 26.4. The minimum atomic E-state index is -0.578. The number of aromatic nitrogens is 3. The molecule has 0 aliphatic carbocycles. The molecule has 6 rings (SSSR count). The highest BCUT2D eigenvalue weighted by molar-refractivity contribution is 7.15. The molecule has 3 heterocycles. The van der Waals surface area contributed by atoms with Gasteiger partial charge in [0.05, 0.1) is 12.1 Å². The number of nitrogens with zero attached hydrogens (tertiary/aromatic N) is 3. The second-order valence-corrected chi connectivity index (χ2v) is 14.5. The van der Waals surface area contributed by atoms with Gasteiger partial charge in [-0.15, -0.1) is 34.0 Å². The van der Waals surface area contributed by atoms with E-state index in [0.717, 1.165) is 70.1 Å². The van der Waals surface area contributed by atoms with E-state index in [4.69, 9.17) is 4.74 Å². The van der Waals surface area contributed by atoms with Gasteiger partial charge in [0.25, 0.3) is 11.8 Å². The Hall–Kier alpha value is -5.61. The van der Waals surface area contributed by atoms with Gasteiger partial charge in [0.2, 0.25) is 5.91 Å². The molecule has 54 heavy (non-hydrogen) atoms. The number of hydrogen-bond acceptors (Lipinski definition) is 12. The van der Waals surface area contributed by atoms with Crippen molar-refractivity contribution in [2.75, 3.05) is 29.1 Å². The van der Waals surface area contributed by atoms with Crippen molar-refractivity contribution in [2.45, 2.75) is 38.1 Å². The predicted octanol–water partition coefficient (Wildman–Crippen LogP) is 7.82. The van der Waals surface area contributed by atoms with Gasteiger partial charge in [-0.25, -0.2) is 19.7 Å². The Balaban J connectivity index is 0.960. The molecule has 6 aromatic rings. The number of unbranched alkanes of at least 4 members (excludes halogenated alkanes) is 2. The smallest absolute Gasteiger partial charge is 0.357 e. The summed E-state index contributed by atoms with van der Waals surface area (Å²) in [6, 6.07) is 31.3. The largest absolute Gasteiger partial charge is 0.461 e. The number of ether oxygens (including phenoxy) is 1. The molecule has 0 aliphatic rings. The van der Waals surface area contributed by atoms with Gasteiger partial charge in [-0.1, -0.05) is 97.4 Å². The van der Waals surface area contributed by atoms with E-state index in [-0.39, 0.29) is 39.9 Å². The van der Waals surface area contributed by atoms with Crippen molar-refractivity contribution in [3.63, 3.8) is 0 Å². The first kappa shape index (κ1) is 38.1. The fourth-order valence-electron chi connectivity index (χ4n) is 5.74. The number of benzene rings is 3. The molecular weight excluding hydrogens is 743 g/mol. The average molecular weight is 780 g/mol. The number of rotatable bonds is 17. The number of nitrogens with one attached hydrogen (secondary N) is 4. The highest BCUT2D eigenvalue weighted by atomic mass is 32.1. The van der Waals surface area contributed by atoms with Gasteiger partial charge in [-0.05, 0) is 43.0 Å². The Kier molecular flexibility index (Phi) is 13.0. The van der Waals surface area contributed by atoms with Crippen molar-refractivity contribution in [3.8, 4) is 0 Å². The van der Waals surface area contributed by atoms with Crippen LogP contribution < -0.4 is 21.3 Å². The van der Waals surface area contributed by atoms with Crippen LogP contribution in [-0.4, -0.2) is 51.8 Å². The number of carbonyl (C=O) groups excluding carboxylic acids is 4. The Morgan fingerprint density at radius 1 is 0.593 bits per heavy atom. The van der Waals surface area contributed by atoms with Crippen molar-refractivity contribution in [2.24, 2.45) is 0 Å². The van der Waals surface area contributed by atoms with E-state index in [2.05, 4.69) is 109 Å². The first-order valence-electron chi connectivity index (χ1n) is 17.2. The van der Waals surface area contributed by atoms with Crippen molar-refractivity contribution in [1.29, 1.82) is 0 Å². The van der Waals surface area contributed by atoms with Crippen LogP contribution in [0.1, 0.15) is 80.8 Å². The third-order valence-corrected chi connectivity index (χ3v) is 10.5. The number of thiazole rings is 3. The van der Waals surface area contributed by atoms with Crippen molar-refractivity contribution >= 4 is 73.1 Å². The molecule has 12 nitrogen and oxygen atoms in total. The molecule has 3 aromatic carbocycles. The highest BCUT2D eigenvalue weighted by Gasteiger charge is 2.35. The molecule has 0 spiro atoms. The van der Waals surface area contributed by atoms with Crippen LogP contribution >= 0.6 is 34.0 Å². The summed E-state index contributed by atoms with van der Waals surface area (Å²) >= 11 is 3.28. The molecule has 0 fully saturated rings. The van der Waals surface area contributed by atoms with Gasteiger partial charge < -0.3 is 10.1 Å². The van der Waals surface area contributed by atoms with Crippen LogP contribution in [-0.2, 0) is 15.1 Å². The number of anilines is 3. The van der Waals surface area contributed by atoms with Crippen molar-refractivity contribution in [3.05, 3.63) is 141 Å². The van der Waals surface area contributed by atoms with Gasteiger partial charge >= 0.3 is 5.97 Å². The standard InChI is InChI=1S/C39H37N7O5S3/c1-2-51-35(50)31-25-54-38(43-31)46-34(49)30-24-53-37(42-30)45-33(48)29-23-52-36(41-29)44-32(47)21-13-6-14-22-40-39(26-15-7-3-8-16-26,27-17-9-4-10-18-27)28-19-11-5-12-20-28/h3-5,7-12,15-20,23-25,40H,2,6,13-14,21-22H2,1H3,(H,41,44,47)(H,42,45,48)(H,43,46,49). The lowest BCUT2D eigenvalue weighted by molar-refractivity contribution is -0.116. The summed E-state index contributed by atoms with van der Waals surface area (Å²) in [4.78, 5) is 62.6. The minimum Gasteiger partial charge on any atom is -0.461 e. The lowest BCUT2D eigenvalue weighted by Crippen LogP contribution is -2.45. The predicted molar refractivity (Wildman–Crippen MR) is 213 cm³/mol. The zero-order chi connectivity index (χ0) is 37.8. The van der Waals surface area contributed by atoms with Gasteiger partial charge in [-0.2, -0.15) is 0 Å². The summed E-state index contributed by atoms with van der Waals surface area (Å²) in [6.07, 6.45) is 2.71. The molecule has 276 valence electrons. The van der Waals surface area contributed by atoms with E-state index in [9.17, 15) is 19.2 Å². The molecular formula is C39H37N7O5S3. The number of amides is 3. The lowest BCUT2D eigenvalue weighted by Gasteiger charge is -2.37. The summed E-state index contributed by atoms with van der Waals surface area (Å²) in [6.45, 7) is 2.64. The first-order valence-corrected chi connectivity index (χ1v) is 19.9. The van der Waals surface area contributed by atoms with Gasteiger partial charge in [0, 0.05) is 22.6 Å². The fourth-order valence-corrected chi connectivity index (χ4v) is 7.81. The van der Waals surface area contributed by atoms with E-state index in [1.165, 1.54) is 10.8 Å². The molecule has 0 radical (unpaired) electrons. The second-order valence-electron chi connectivity index (χ2n) is 11.9.